The molecule has 2 aromatic carbocycles. The molecular formula is C16H19FN2. The van der Waals surface area contributed by atoms with E-state index in [1.807, 2.05) is 11.9 Å². The highest BCUT2D eigenvalue weighted by Crippen LogP contribution is 2.27. The molecule has 100 valence electrons. The lowest BCUT2D eigenvalue weighted by molar-refractivity contribution is 0.625. The van der Waals surface area contributed by atoms with Crippen LogP contribution in [0.5, 0.6) is 0 Å². The average Bonchev–Trinajstić information content (AvgIpc) is 2.46. The first-order valence-electron chi connectivity index (χ1n) is 6.47. The Kier molecular flexibility index (Phi) is 4.17. The summed E-state index contributed by atoms with van der Waals surface area (Å²) in [6.07, 6.45) is 1.02. The lowest BCUT2D eigenvalue weighted by Crippen LogP contribution is -2.13. The SMILES string of the molecule is CCc1ccc(N(C)c2ccc(F)cc2CN)cc1. The second-order valence-electron chi connectivity index (χ2n) is 4.56. The molecule has 2 aromatic rings. The van der Waals surface area contributed by atoms with Crippen molar-refractivity contribution < 1.29 is 4.39 Å². The van der Waals surface area contributed by atoms with Crippen LogP contribution in [0.15, 0.2) is 42.5 Å². The first kappa shape index (κ1) is 13.6. The van der Waals surface area contributed by atoms with E-state index in [0.717, 1.165) is 23.4 Å². The number of nitrogens with zero attached hydrogens (tertiary/aromatic N) is 1. The summed E-state index contributed by atoms with van der Waals surface area (Å²) in [6.45, 7) is 2.45. The normalized spacial score (nSPS) is 10.5. The quantitative estimate of drug-likeness (QED) is 0.907. The van der Waals surface area contributed by atoms with Crippen molar-refractivity contribution in [1.82, 2.24) is 0 Å². The van der Waals surface area contributed by atoms with Crippen molar-refractivity contribution in [1.29, 1.82) is 0 Å². The zero-order valence-corrected chi connectivity index (χ0v) is 11.4. The first-order chi connectivity index (χ1) is 9.15. The third kappa shape index (κ3) is 2.93. The second-order valence-corrected chi connectivity index (χ2v) is 4.56. The van der Waals surface area contributed by atoms with Crippen LogP contribution in [0.4, 0.5) is 15.8 Å². The van der Waals surface area contributed by atoms with Crippen LogP contribution >= 0.6 is 0 Å². The van der Waals surface area contributed by atoms with Gasteiger partial charge in [0.2, 0.25) is 0 Å². The van der Waals surface area contributed by atoms with Crippen LogP contribution in [-0.2, 0) is 13.0 Å². The van der Waals surface area contributed by atoms with Crippen molar-refractivity contribution >= 4 is 11.4 Å². The minimum Gasteiger partial charge on any atom is -0.344 e. The number of anilines is 2. The molecule has 0 saturated carbocycles. The number of halogens is 1. The molecule has 0 radical (unpaired) electrons. The monoisotopic (exact) mass is 258 g/mol. The van der Waals surface area contributed by atoms with Crippen molar-refractivity contribution in [3.05, 3.63) is 59.4 Å². The van der Waals surface area contributed by atoms with Crippen LogP contribution in [-0.4, -0.2) is 7.05 Å². The van der Waals surface area contributed by atoms with Gasteiger partial charge in [-0.2, -0.15) is 0 Å². The van der Waals surface area contributed by atoms with E-state index in [9.17, 15) is 4.39 Å². The summed E-state index contributed by atoms with van der Waals surface area (Å²) in [4.78, 5) is 2.03. The fourth-order valence-electron chi connectivity index (χ4n) is 2.14. The number of hydrogen-bond donors (Lipinski definition) is 1. The second kappa shape index (κ2) is 5.85. The lowest BCUT2D eigenvalue weighted by atomic mass is 10.1. The highest BCUT2D eigenvalue weighted by atomic mass is 19.1. The summed E-state index contributed by atoms with van der Waals surface area (Å²) in [7, 11) is 1.97. The molecule has 19 heavy (non-hydrogen) atoms. The Bertz CT molecular complexity index is 549. The van der Waals surface area contributed by atoms with Gasteiger partial charge in [0.25, 0.3) is 0 Å². The summed E-state index contributed by atoms with van der Waals surface area (Å²) < 4.78 is 13.2. The molecular weight excluding hydrogens is 239 g/mol. The summed E-state index contributed by atoms with van der Waals surface area (Å²) in [5.74, 6) is -0.251. The highest BCUT2D eigenvalue weighted by molar-refractivity contribution is 5.66. The molecule has 0 unspecified atom stereocenters. The zero-order chi connectivity index (χ0) is 13.8. The smallest absolute Gasteiger partial charge is 0.123 e. The Labute approximate surface area is 113 Å². The van der Waals surface area contributed by atoms with Gasteiger partial charge in [-0.25, -0.2) is 4.39 Å². The van der Waals surface area contributed by atoms with Gasteiger partial charge < -0.3 is 10.6 Å². The van der Waals surface area contributed by atoms with Crippen molar-refractivity contribution in [3.63, 3.8) is 0 Å². The molecule has 2 rings (SSSR count). The van der Waals surface area contributed by atoms with E-state index < -0.39 is 0 Å². The van der Waals surface area contributed by atoms with Gasteiger partial charge in [0.05, 0.1) is 0 Å². The number of hydrogen-bond acceptors (Lipinski definition) is 2. The summed E-state index contributed by atoms with van der Waals surface area (Å²) in [5, 5.41) is 0. The highest BCUT2D eigenvalue weighted by Gasteiger charge is 2.09. The molecule has 0 aliphatic carbocycles. The van der Waals surface area contributed by atoms with E-state index in [4.69, 9.17) is 5.73 Å². The summed E-state index contributed by atoms with van der Waals surface area (Å²) in [5.41, 5.74) is 9.80. The van der Waals surface area contributed by atoms with Crippen LogP contribution < -0.4 is 10.6 Å². The molecule has 0 amide bonds. The summed E-state index contributed by atoms with van der Waals surface area (Å²) in [6, 6.07) is 13.1. The van der Waals surface area contributed by atoms with E-state index in [1.165, 1.54) is 17.7 Å². The molecule has 2 N–H and O–H groups in total. The maximum Gasteiger partial charge on any atom is 0.123 e. The number of aryl methyl sites for hydroxylation is 1. The first-order valence-corrected chi connectivity index (χ1v) is 6.47. The predicted octanol–water partition coefficient (Wildman–Crippen LogP) is 3.61. The Morgan fingerprint density at radius 2 is 1.79 bits per heavy atom. The Morgan fingerprint density at radius 3 is 2.37 bits per heavy atom. The van der Waals surface area contributed by atoms with Crippen molar-refractivity contribution in [2.75, 3.05) is 11.9 Å². The molecule has 0 atom stereocenters. The molecule has 0 saturated heterocycles. The fourth-order valence-corrected chi connectivity index (χ4v) is 2.14. The number of nitrogens with two attached hydrogens (primary N) is 1. The molecule has 0 bridgehead atoms. The van der Waals surface area contributed by atoms with Gasteiger partial charge in [-0.15, -0.1) is 0 Å². The summed E-state index contributed by atoms with van der Waals surface area (Å²) >= 11 is 0. The lowest BCUT2D eigenvalue weighted by Gasteiger charge is -2.22. The minimum atomic E-state index is -0.251. The van der Waals surface area contributed by atoms with Gasteiger partial charge in [0.1, 0.15) is 5.82 Å². The van der Waals surface area contributed by atoms with Gasteiger partial charge in [-0.3, -0.25) is 0 Å². The maximum absolute atomic E-state index is 13.2. The van der Waals surface area contributed by atoms with E-state index in [1.54, 1.807) is 6.07 Å². The van der Waals surface area contributed by atoms with Crippen LogP contribution in [0.25, 0.3) is 0 Å². The van der Waals surface area contributed by atoms with E-state index in [-0.39, 0.29) is 5.82 Å². The molecule has 0 aromatic heterocycles. The Morgan fingerprint density at radius 1 is 1.11 bits per heavy atom. The van der Waals surface area contributed by atoms with E-state index in [0.29, 0.717) is 6.54 Å². The van der Waals surface area contributed by atoms with Gasteiger partial charge in [0, 0.05) is 25.0 Å². The molecule has 0 spiro atoms. The maximum atomic E-state index is 13.2. The Balaban J connectivity index is 2.34. The van der Waals surface area contributed by atoms with Gasteiger partial charge >= 0.3 is 0 Å². The number of benzene rings is 2. The number of rotatable bonds is 4. The van der Waals surface area contributed by atoms with E-state index >= 15 is 0 Å². The molecule has 3 heteroatoms. The predicted molar refractivity (Wildman–Crippen MR) is 78.2 cm³/mol. The molecule has 0 heterocycles. The molecule has 0 aliphatic heterocycles. The largest absolute Gasteiger partial charge is 0.344 e. The zero-order valence-electron chi connectivity index (χ0n) is 11.4. The Hall–Kier alpha value is -1.87. The van der Waals surface area contributed by atoms with Crippen LogP contribution in [0.2, 0.25) is 0 Å². The van der Waals surface area contributed by atoms with Crippen LogP contribution in [0, 0.1) is 5.82 Å². The standard InChI is InChI=1S/C16H19FN2/c1-3-12-4-7-15(8-5-12)19(2)16-9-6-14(17)10-13(16)11-18/h4-10H,3,11,18H2,1-2H3. The van der Waals surface area contributed by atoms with Crippen molar-refractivity contribution in [3.8, 4) is 0 Å². The van der Waals surface area contributed by atoms with Gasteiger partial charge in [0.15, 0.2) is 0 Å². The van der Waals surface area contributed by atoms with Crippen molar-refractivity contribution in [2.45, 2.75) is 19.9 Å². The van der Waals surface area contributed by atoms with Gasteiger partial charge in [-0.05, 0) is 47.9 Å². The average molecular weight is 258 g/mol. The van der Waals surface area contributed by atoms with Crippen LogP contribution in [0.3, 0.4) is 0 Å². The van der Waals surface area contributed by atoms with E-state index in [2.05, 4.69) is 31.2 Å². The molecule has 0 fully saturated rings. The third-order valence-electron chi connectivity index (χ3n) is 3.35. The topological polar surface area (TPSA) is 29.3 Å². The third-order valence-corrected chi connectivity index (χ3v) is 3.35. The van der Waals surface area contributed by atoms with Crippen LogP contribution in [0.1, 0.15) is 18.1 Å². The van der Waals surface area contributed by atoms with Gasteiger partial charge in [-0.1, -0.05) is 19.1 Å². The molecule has 2 nitrogen and oxygen atoms in total. The fraction of sp³-hybridized carbons (Fsp3) is 0.250. The minimum absolute atomic E-state index is 0.251. The molecule has 0 aliphatic rings. The van der Waals surface area contributed by atoms with Crippen molar-refractivity contribution in [2.24, 2.45) is 5.73 Å².